The van der Waals surface area contributed by atoms with Crippen molar-refractivity contribution in [2.24, 2.45) is 11.8 Å². The van der Waals surface area contributed by atoms with Gasteiger partial charge in [0.2, 0.25) is 0 Å². The average Bonchev–Trinajstić information content (AvgIpc) is 1.85. The van der Waals surface area contributed by atoms with E-state index < -0.39 is 0 Å². The van der Waals surface area contributed by atoms with E-state index in [1.807, 2.05) is 0 Å². The largest absolute Gasteiger partial charge is 0.302 e. The van der Waals surface area contributed by atoms with Gasteiger partial charge in [-0.2, -0.15) is 0 Å². The average molecular weight is 153 g/mol. The van der Waals surface area contributed by atoms with Gasteiger partial charge < -0.3 is 4.90 Å². The highest BCUT2D eigenvalue weighted by Gasteiger charge is 2.17. The molecule has 11 heavy (non-hydrogen) atoms. The maximum atomic E-state index is 2.39. The van der Waals surface area contributed by atoms with Crippen LogP contribution >= 0.6 is 0 Å². The van der Waals surface area contributed by atoms with Crippen molar-refractivity contribution in [2.45, 2.75) is 20.8 Å². The number of hydrogen-bond acceptors (Lipinski definition) is 1. The van der Waals surface area contributed by atoms with Gasteiger partial charge in [-0.15, -0.1) is 0 Å². The molecule has 1 heteroatoms. The van der Waals surface area contributed by atoms with Crippen LogP contribution in [0.2, 0.25) is 0 Å². The van der Waals surface area contributed by atoms with Crippen LogP contribution < -0.4 is 0 Å². The van der Waals surface area contributed by atoms with Gasteiger partial charge in [0.15, 0.2) is 0 Å². The minimum absolute atomic E-state index is 0.735. The second kappa shape index (κ2) is 3.40. The van der Waals surface area contributed by atoms with Crippen LogP contribution in [0.5, 0.6) is 0 Å². The molecule has 0 fully saturated rings. The fourth-order valence-electron chi connectivity index (χ4n) is 1.91. The Bertz CT molecular complexity index is 158. The molecule has 1 aliphatic rings. The molecule has 0 saturated carbocycles. The first-order valence-electron chi connectivity index (χ1n) is 4.49. The molecule has 1 heterocycles. The Morgan fingerprint density at radius 3 is 2.64 bits per heavy atom. The first-order valence-corrected chi connectivity index (χ1v) is 4.49. The zero-order valence-corrected chi connectivity index (χ0v) is 8.09. The quantitative estimate of drug-likeness (QED) is 0.522. The number of hydrogen-bond donors (Lipinski definition) is 0. The van der Waals surface area contributed by atoms with Crippen LogP contribution in [0.25, 0.3) is 0 Å². The van der Waals surface area contributed by atoms with E-state index in [9.17, 15) is 0 Å². The summed E-state index contributed by atoms with van der Waals surface area (Å²) in [6, 6.07) is 0. The minimum Gasteiger partial charge on any atom is -0.302 e. The standard InChI is InChI=1S/C10H19N/c1-8(2)10-5-6-11(4)7-9(10)3/h5,8-9H,6-7H2,1-4H3. The van der Waals surface area contributed by atoms with Crippen LogP contribution in [0, 0.1) is 11.8 Å². The van der Waals surface area contributed by atoms with Crippen molar-refractivity contribution in [3.05, 3.63) is 11.6 Å². The van der Waals surface area contributed by atoms with Gasteiger partial charge in [-0.1, -0.05) is 32.4 Å². The minimum atomic E-state index is 0.735. The summed E-state index contributed by atoms with van der Waals surface area (Å²) in [6.45, 7) is 9.25. The first kappa shape index (κ1) is 8.79. The molecule has 0 aromatic carbocycles. The molecule has 1 rings (SSSR count). The zero-order chi connectivity index (χ0) is 8.43. The Hall–Kier alpha value is -0.300. The van der Waals surface area contributed by atoms with Gasteiger partial charge in [0.05, 0.1) is 0 Å². The number of rotatable bonds is 1. The SMILES string of the molecule is CC(C)C1=CCN(C)CC1C. The zero-order valence-electron chi connectivity index (χ0n) is 8.09. The van der Waals surface area contributed by atoms with Crippen molar-refractivity contribution in [1.29, 1.82) is 0 Å². The van der Waals surface area contributed by atoms with E-state index >= 15 is 0 Å². The summed E-state index contributed by atoms with van der Waals surface area (Å²) in [5.41, 5.74) is 1.64. The third kappa shape index (κ3) is 2.06. The predicted octanol–water partition coefficient (Wildman–Crippen LogP) is 2.15. The van der Waals surface area contributed by atoms with Gasteiger partial charge in [0, 0.05) is 13.1 Å². The molecule has 64 valence electrons. The summed E-state index contributed by atoms with van der Waals surface area (Å²) in [7, 11) is 2.18. The van der Waals surface area contributed by atoms with Crippen LogP contribution in [0.1, 0.15) is 20.8 Å². The van der Waals surface area contributed by atoms with Gasteiger partial charge >= 0.3 is 0 Å². The van der Waals surface area contributed by atoms with Gasteiger partial charge in [0.1, 0.15) is 0 Å². The molecular formula is C10H19N. The Morgan fingerprint density at radius 1 is 1.55 bits per heavy atom. The summed E-state index contributed by atoms with van der Waals surface area (Å²) < 4.78 is 0. The van der Waals surface area contributed by atoms with Gasteiger partial charge in [-0.25, -0.2) is 0 Å². The Balaban J connectivity index is 2.65. The summed E-state index contributed by atoms with van der Waals surface area (Å²) in [6.07, 6.45) is 2.39. The van der Waals surface area contributed by atoms with E-state index in [1.54, 1.807) is 5.57 Å². The Kier molecular flexibility index (Phi) is 2.72. The number of nitrogens with zero attached hydrogens (tertiary/aromatic N) is 1. The van der Waals surface area contributed by atoms with Crippen molar-refractivity contribution in [3.8, 4) is 0 Å². The van der Waals surface area contributed by atoms with Crippen molar-refractivity contribution in [3.63, 3.8) is 0 Å². The van der Waals surface area contributed by atoms with Crippen molar-refractivity contribution < 1.29 is 0 Å². The molecule has 0 N–H and O–H groups in total. The summed E-state index contributed by atoms with van der Waals surface area (Å²) in [4.78, 5) is 2.37. The van der Waals surface area contributed by atoms with Gasteiger partial charge in [0.25, 0.3) is 0 Å². The van der Waals surface area contributed by atoms with E-state index in [1.165, 1.54) is 6.54 Å². The fourth-order valence-corrected chi connectivity index (χ4v) is 1.91. The highest BCUT2D eigenvalue weighted by molar-refractivity contribution is 5.12. The van der Waals surface area contributed by atoms with E-state index in [2.05, 4.69) is 38.8 Å². The van der Waals surface area contributed by atoms with Crippen molar-refractivity contribution >= 4 is 0 Å². The molecule has 0 saturated heterocycles. The van der Waals surface area contributed by atoms with Crippen LogP contribution in [-0.4, -0.2) is 25.0 Å². The van der Waals surface area contributed by atoms with Crippen LogP contribution in [0.4, 0.5) is 0 Å². The van der Waals surface area contributed by atoms with Crippen molar-refractivity contribution in [2.75, 3.05) is 20.1 Å². The fraction of sp³-hybridized carbons (Fsp3) is 0.800. The molecule has 0 radical (unpaired) electrons. The third-order valence-electron chi connectivity index (χ3n) is 2.46. The molecular weight excluding hydrogens is 134 g/mol. The van der Waals surface area contributed by atoms with E-state index in [0.717, 1.165) is 18.4 Å². The molecule has 0 amide bonds. The maximum Gasteiger partial charge on any atom is 0.0163 e. The second-order valence-corrected chi connectivity index (χ2v) is 3.98. The number of likely N-dealkylation sites (N-methyl/N-ethyl adjacent to an activating group) is 1. The summed E-state index contributed by atoms with van der Waals surface area (Å²) >= 11 is 0. The lowest BCUT2D eigenvalue weighted by Crippen LogP contribution is -2.31. The molecule has 0 spiro atoms. The van der Waals surface area contributed by atoms with Gasteiger partial charge in [-0.3, -0.25) is 0 Å². The molecule has 1 unspecified atom stereocenters. The third-order valence-corrected chi connectivity index (χ3v) is 2.46. The topological polar surface area (TPSA) is 3.24 Å². The smallest absolute Gasteiger partial charge is 0.0163 e. The molecule has 1 atom stereocenters. The highest BCUT2D eigenvalue weighted by atomic mass is 15.1. The van der Waals surface area contributed by atoms with E-state index in [-0.39, 0.29) is 0 Å². The summed E-state index contributed by atoms with van der Waals surface area (Å²) in [5.74, 6) is 1.49. The Labute approximate surface area is 70.1 Å². The molecule has 0 aromatic heterocycles. The van der Waals surface area contributed by atoms with E-state index in [0.29, 0.717) is 0 Å². The first-order chi connectivity index (χ1) is 5.11. The molecule has 0 aliphatic carbocycles. The lowest BCUT2D eigenvalue weighted by Gasteiger charge is -2.29. The van der Waals surface area contributed by atoms with Crippen LogP contribution in [0.3, 0.4) is 0 Å². The Morgan fingerprint density at radius 2 is 2.18 bits per heavy atom. The van der Waals surface area contributed by atoms with Crippen molar-refractivity contribution in [1.82, 2.24) is 4.90 Å². The second-order valence-electron chi connectivity index (χ2n) is 3.98. The maximum absolute atomic E-state index is 2.39. The highest BCUT2D eigenvalue weighted by Crippen LogP contribution is 2.23. The van der Waals surface area contributed by atoms with Gasteiger partial charge in [-0.05, 0) is 18.9 Å². The van der Waals surface area contributed by atoms with Crippen LogP contribution in [-0.2, 0) is 0 Å². The predicted molar refractivity (Wildman–Crippen MR) is 49.6 cm³/mol. The lowest BCUT2D eigenvalue weighted by molar-refractivity contribution is 0.301. The summed E-state index contributed by atoms with van der Waals surface area (Å²) in [5, 5.41) is 0. The normalized spacial score (nSPS) is 27.4. The van der Waals surface area contributed by atoms with E-state index in [4.69, 9.17) is 0 Å². The lowest BCUT2D eigenvalue weighted by atomic mass is 9.88. The molecule has 1 aliphatic heterocycles. The van der Waals surface area contributed by atoms with Crippen LogP contribution in [0.15, 0.2) is 11.6 Å². The molecule has 1 nitrogen and oxygen atoms in total. The molecule has 0 bridgehead atoms. The monoisotopic (exact) mass is 153 g/mol. The molecule has 0 aromatic rings.